The van der Waals surface area contributed by atoms with Gasteiger partial charge in [0.25, 0.3) is 0 Å². The van der Waals surface area contributed by atoms with Crippen molar-refractivity contribution in [2.24, 2.45) is 0 Å². The molecule has 1 saturated heterocycles. The van der Waals surface area contributed by atoms with E-state index in [1.165, 1.54) is 0 Å². The second-order valence-electron chi connectivity index (χ2n) is 5.77. The van der Waals surface area contributed by atoms with Crippen LogP contribution in [0.4, 0.5) is 0 Å². The predicted octanol–water partition coefficient (Wildman–Crippen LogP) is 0.890. The van der Waals surface area contributed by atoms with Crippen LogP contribution in [0.15, 0.2) is 24.5 Å². The van der Waals surface area contributed by atoms with E-state index >= 15 is 0 Å². The lowest BCUT2D eigenvalue weighted by atomic mass is 9.85. The number of piperidine rings is 1. The molecule has 1 aromatic rings. The second kappa shape index (κ2) is 6.33. The van der Waals surface area contributed by atoms with Crippen LogP contribution in [0.25, 0.3) is 0 Å². The molecule has 0 radical (unpaired) electrons. The standard InChI is InChI=1S/C15H23N3O2/c1-12(2)17-14(19)11-18-8-5-15(20,6-9-18)13-4-3-7-16-10-13/h3-4,7,10,12,20H,5-6,8-9,11H2,1-2H3,(H,17,19). The lowest BCUT2D eigenvalue weighted by Crippen LogP contribution is -2.47. The Morgan fingerprint density at radius 2 is 2.20 bits per heavy atom. The van der Waals surface area contributed by atoms with Crippen molar-refractivity contribution in [1.29, 1.82) is 0 Å². The van der Waals surface area contributed by atoms with Crippen LogP contribution in [-0.4, -0.2) is 46.6 Å². The predicted molar refractivity (Wildman–Crippen MR) is 77.1 cm³/mol. The third-order valence-electron chi connectivity index (χ3n) is 3.70. The van der Waals surface area contributed by atoms with Gasteiger partial charge in [-0.1, -0.05) is 6.07 Å². The molecule has 2 heterocycles. The first-order valence-corrected chi connectivity index (χ1v) is 7.14. The van der Waals surface area contributed by atoms with E-state index in [1.54, 1.807) is 12.4 Å². The Morgan fingerprint density at radius 1 is 1.50 bits per heavy atom. The van der Waals surface area contributed by atoms with Gasteiger partial charge in [-0.05, 0) is 32.8 Å². The molecule has 20 heavy (non-hydrogen) atoms. The van der Waals surface area contributed by atoms with Gasteiger partial charge in [-0.25, -0.2) is 0 Å². The van der Waals surface area contributed by atoms with E-state index in [-0.39, 0.29) is 11.9 Å². The molecule has 1 aliphatic rings. The number of amides is 1. The van der Waals surface area contributed by atoms with E-state index in [2.05, 4.69) is 15.2 Å². The van der Waals surface area contributed by atoms with E-state index in [9.17, 15) is 9.90 Å². The summed E-state index contributed by atoms with van der Waals surface area (Å²) in [6.45, 7) is 5.75. The van der Waals surface area contributed by atoms with Gasteiger partial charge in [-0.3, -0.25) is 14.7 Å². The zero-order valence-electron chi connectivity index (χ0n) is 12.2. The molecule has 1 aromatic heterocycles. The quantitative estimate of drug-likeness (QED) is 0.858. The number of hydrogen-bond acceptors (Lipinski definition) is 4. The second-order valence-corrected chi connectivity index (χ2v) is 5.77. The molecule has 0 spiro atoms. The number of nitrogens with zero attached hydrogens (tertiary/aromatic N) is 2. The van der Waals surface area contributed by atoms with E-state index in [0.717, 1.165) is 18.7 Å². The molecule has 0 unspecified atom stereocenters. The van der Waals surface area contributed by atoms with Crippen LogP contribution in [0.3, 0.4) is 0 Å². The van der Waals surface area contributed by atoms with E-state index in [0.29, 0.717) is 19.4 Å². The molecule has 0 saturated carbocycles. The van der Waals surface area contributed by atoms with Crippen LogP contribution in [0, 0.1) is 0 Å². The molecule has 0 atom stereocenters. The van der Waals surface area contributed by atoms with Crippen LogP contribution in [0.1, 0.15) is 32.3 Å². The number of carbonyl (C=O) groups is 1. The van der Waals surface area contributed by atoms with Crippen molar-refractivity contribution in [1.82, 2.24) is 15.2 Å². The SMILES string of the molecule is CC(C)NC(=O)CN1CCC(O)(c2cccnc2)CC1. The van der Waals surface area contributed by atoms with Gasteiger partial charge in [0.2, 0.25) is 5.91 Å². The van der Waals surface area contributed by atoms with Crippen LogP contribution in [-0.2, 0) is 10.4 Å². The number of pyridine rings is 1. The van der Waals surface area contributed by atoms with Crippen molar-refractivity contribution >= 4 is 5.91 Å². The maximum absolute atomic E-state index is 11.7. The monoisotopic (exact) mass is 277 g/mol. The Morgan fingerprint density at radius 3 is 2.75 bits per heavy atom. The van der Waals surface area contributed by atoms with Gasteiger partial charge in [-0.15, -0.1) is 0 Å². The van der Waals surface area contributed by atoms with Gasteiger partial charge in [0, 0.05) is 37.1 Å². The van der Waals surface area contributed by atoms with Crippen molar-refractivity contribution in [3.8, 4) is 0 Å². The number of aliphatic hydroxyl groups is 1. The molecular formula is C15H23N3O2. The average molecular weight is 277 g/mol. The maximum atomic E-state index is 11.7. The molecule has 1 fully saturated rings. The van der Waals surface area contributed by atoms with Crippen molar-refractivity contribution in [3.63, 3.8) is 0 Å². The Balaban J connectivity index is 1.88. The summed E-state index contributed by atoms with van der Waals surface area (Å²) in [5, 5.41) is 13.6. The molecule has 0 bridgehead atoms. The first kappa shape index (κ1) is 14.9. The molecule has 2 rings (SSSR count). The molecule has 5 heteroatoms. The van der Waals surface area contributed by atoms with E-state index in [4.69, 9.17) is 0 Å². The Kier molecular flexibility index (Phi) is 4.73. The molecule has 110 valence electrons. The van der Waals surface area contributed by atoms with Crippen molar-refractivity contribution < 1.29 is 9.90 Å². The molecule has 0 aromatic carbocycles. The minimum absolute atomic E-state index is 0.0480. The van der Waals surface area contributed by atoms with Gasteiger partial charge < -0.3 is 10.4 Å². The van der Waals surface area contributed by atoms with Gasteiger partial charge in [0.15, 0.2) is 0 Å². The highest BCUT2D eigenvalue weighted by atomic mass is 16.3. The number of aromatic nitrogens is 1. The molecule has 5 nitrogen and oxygen atoms in total. The normalized spacial score (nSPS) is 19.0. The summed E-state index contributed by atoms with van der Waals surface area (Å²) in [4.78, 5) is 17.9. The molecular weight excluding hydrogens is 254 g/mol. The van der Waals surface area contributed by atoms with Gasteiger partial charge in [0.05, 0.1) is 12.1 Å². The highest BCUT2D eigenvalue weighted by Gasteiger charge is 2.34. The van der Waals surface area contributed by atoms with E-state index in [1.807, 2.05) is 26.0 Å². The van der Waals surface area contributed by atoms with Crippen LogP contribution < -0.4 is 5.32 Å². The van der Waals surface area contributed by atoms with Gasteiger partial charge in [-0.2, -0.15) is 0 Å². The first-order valence-electron chi connectivity index (χ1n) is 7.14. The number of rotatable bonds is 4. The lowest BCUT2D eigenvalue weighted by molar-refractivity contribution is -0.124. The van der Waals surface area contributed by atoms with Crippen molar-refractivity contribution in [2.45, 2.75) is 38.3 Å². The minimum atomic E-state index is -0.806. The van der Waals surface area contributed by atoms with Crippen molar-refractivity contribution in [3.05, 3.63) is 30.1 Å². The molecule has 1 amide bonds. The smallest absolute Gasteiger partial charge is 0.234 e. The maximum Gasteiger partial charge on any atom is 0.234 e. The fourth-order valence-electron chi connectivity index (χ4n) is 2.58. The van der Waals surface area contributed by atoms with Crippen LogP contribution >= 0.6 is 0 Å². The summed E-state index contributed by atoms with van der Waals surface area (Å²) in [5.41, 5.74) is 0.0607. The summed E-state index contributed by atoms with van der Waals surface area (Å²) >= 11 is 0. The number of carbonyl (C=O) groups excluding carboxylic acids is 1. The summed E-state index contributed by atoms with van der Waals surface area (Å²) in [7, 11) is 0. The fourth-order valence-corrected chi connectivity index (χ4v) is 2.58. The Hall–Kier alpha value is -1.46. The lowest BCUT2D eigenvalue weighted by Gasteiger charge is -2.38. The van der Waals surface area contributed by atoms with Crippen LogP contribution in [0.2, 0.25) is 0 Å². The van der Waals surface area contributed by atoms with Gasteiger partial charge in [0.1, 0.15) is 0 Å². The Bertz CT molecular complexity index is 440. The number of nitrogens with one attached hydrogen (secondary N) is 1. The zero-order chi connectivity index (χ0) is 14.6. The molecule has 2 N–H and O–H groups in total. The van der Waals surface area contributed by atoms with Gasteiger partial charge >= 0.3 is 0 Å². The van der Waals surface area contributed by atoms with Crippen LogP contribution in [0.5, 0.6) is 0 Å². The molecule has 1 aliphatic heterocycles. The topological polar surface area (TPSA) is 65.5 Å². The zero-order valence-corrected chi connectivity index (χ0v) is 12.2. The Labute approximate surface area is 120 Å². The fraction of sp³-hybridized carbons (Fsp3) is 0.600. The summed E-state index contributed by atoms with van der Waals surface area (Å²) in [5.74, 6) is 0.0480. The third-order valence-corrected chi connectivity index (χ3v) is 3.70. The average Bonchev–Trinajstić information content (AvgIpc) is 2.42. The number of likely N-dealkylation sites (tertiary alicyclic amines) is 1. The minimum Gasteiger partial charge on any atom is -0.385 e. The summed E-state index contributed by atoms with van der Waals surface area (Å²) < 4.78 is 0. The van der Waals surface area contributed by atoms with E-state index < -0.39 is 5.60 Å². The third kappa shape index (κ3) is 3.77. The largest absolute Gasteiger partial charge is 0.385 e. The highest BCUT2D eigenvalue weighted by molar-refractivity contribution is 5.78. The summed E-state index contributed by atoms with van der Waals surface area (Å²) in [6, 6.07) is 3.92. The number of hydrogen-bond donors (Lipinski definition) is 2. The first-order chi connectivity index (χ1) is 9.49. The highest BCUT2D eigenvalue weighted by Crippen LogP contribution is 2.31. The summed E-state index contributed by atoms with van der Waals surface area (Å²) in [6.07, 6.45) is 4.70. The van der Waals surface area contributed by atoms with Crippen molar-refractivity contribution in [2.75, 3.05) is 19.6 Å². The molecule has 0 aliphatic carbocycles.